The smallest absolute Gasteiger partial charge is 0.272 e. The number of fused-ring (bicyclic) bond motifs is 1. The van der Waals surface area contributed by atoms with Crippen LogP contribution >= 0.6 is 0 Å². The molecular weight excluding hydrogens is 362 g/mol. The fraction of sp³-hybridized carbons (Fsp3) is 0.500. The molecule has 5 nitrogen and oxygen atoms in total. The number of carbonyl (C=O) groups excluding carboxylic acids is 1. The first kappa shape index (κ1) is 18.6. The molecule has 0 spiro atoms. The molecule has 29 heavy (non-hydrogen) atoms. The van der Waals surface area contributed by atoms with Crippen molar-refractivity contribution in [1.29, 1.82) is 0 Å². The van der Waals surface area contributed by atoms with E-state index in [1.54, 1.807) is 12.3 Å². The van der Waals surface area contributed by atoms with E-state index in [2.05, 4.69) is 28.5 Å². The van der Waals surface area contributed by atoms with E-state index in [1.165, 1.54) is 42.4 Å². The Morgan fingerprint density at radius 3 is 2.76 bits per heavy atom. The van der Waals surface area contributed by atoms with Crippen molar-refractivity contribution in [3.05, 3.63) is 58.9 Å². The number of nitrogens with one attached hydrogen (secondary N) is 1. The first-order chi connectivity index (χ1) is 14.2. The Morgan fingerprint density at radius 1 is 1.17 bits per heavy atom. The Balaban J connectivity index is 1.22. The summed E-state index contributed by atoms with van der Waals surface area (Å²) in [5.74, 6) is 1.43. The minimum absolute atomic E-state index is 0.0192. The van der Waals surface area contributed by atoms with Gasteiger partial charge in [0.2, 0.25) is 0 Å². The zero-order valence-corrected chi connectivity index (χ0v) is 17.1. The second-order valence-electron chi connectivity index (χ2n) is 8.79. The van der Waals surface area contributed by atoms with Crippen molar-refractivity contribution in [3.8, 4) is 5.75 Å². The van der Waals surface area contributed by atoms with E-state index in [0.717, 1.165) is 31.7 Å². The number of nitrogens with zero attached hydrogens (tertiary/aromatic N) is 2. The van der Waals surface area contributed by atoms with Crippen LogP contribution in [0.3, 0.4) is 0 Å². The molecule has 2 aromatic rings. The second kappa shape index (κ2) is 7.79. The highest BCUT2D eigenvalue weighted by Crippen LogP contribution is 2.31. The van der Waals surface area contributed by atoms with Gasteiger partial charge in [0, 0.05) is 19.1 Å². The molecule has 5 rings (SSSR count). The van der Waals surface area contributed by atoms with E-state index in [0.29, 0.717) is 17.7 Å². The number of hydrogen-bond acceptors (Lipinski definition) is 4. The number of hydrogen-bond donors (Lipinski definition) is 1. The van der Waals surface area contributed by atoms with Crippen LogP contribution in [0.25, 0.3) is 0 Å². The molecule has 2 unspecified atom stereocenters. The van der Waals surface area contributed by atoms with Gasteiger partial charge in [-0.25, -0.2) is 4.98 Å². The summed E-state index contributed by atoms with van der Waals surface area (Å²) in [7, 11) is 1.90. The van der Waals surface area contributed by atoms with Crippen LogP contribution in [-0.4, -0.2) is 42.0 Å². The Bertz CT molecular complexity index is 885. The van der Waals surface area contributed by atoms with Crippen molar-refractivity contribution in [1.82, 2.24) is 15.2 Å². The number of benzene rings is 1. The molecule has 2 aliphatic carbocycles. The van der Waals surface area contributed by atoms with Crippen LogP contribution in [0.5, 0.6) is 5.75 Å². The average Bonchev–Trinajstić information content (AvgIpc) is 3.24. The molecule has 152 valence electrons. The molecule has 1 saturated heterocycles. The standard InChI is InChI=1S/C24H29N3O2/c1-27(24(28)23-9-8-21(14-26-23)29-15-16-4-5-16)20-12-17-6-7-18(11-19(17)13-20)22-3-2-10-25-22/h6-9,11,14,16,20,22,25H,2-5,10,12-13,15H2,1H3. The van der Waals surface area contributed by atoms with Gasteiger partial charge < -0.3 is 15.0 Å². The van der Waals surface area contributed by atoms with Crippen molar-refractivity contribution in [2.45, 2.75) is 50.6 Å². The zero-order chi connectivity index (χ0) is 19.8. The Hall–Kier alpha value is -2.40. The lowest BCUT2D eigenvalue weighted by molar-refractivity contribution is 0.0731. The molecule has 1 aliphatic heterocycles. The highest BCUT2D eigenvalue weighted by atomic mass is 16.5. The topological polar surface area (TPSA) is 54.5 Å². The van der Waals surface area contributed by atoms with Crippen molar-refractivity contribution in [2.24, 2.45) is 5.92 Å². The van der Waals surface area contributed by atoms with E-state index < -0.39 is 0 Å². The molecule has 3 aliphatic rings. The number of carbonyl (C=O) groups is 1. The van der Waals surface area contributed by atoms with Crippen LogP contribution in [0.4, 0.5) is 0 Å². The van der Waals surface area contributed by atoms with Gasteiger partial charge in [0.1, 0.15) is 11.4 Å². The lowest BCUT2D eigenvalue weighted by Gasteiger charge is -2.24. The lowest BCUT2D eigenvalue weighted by Crippen LogP contribution is -2.38. The third kappa shape index (κ3) is 4.01. The molecule has 1 amide bonds. The number of likely N-dealkylation sites (N-methyl/N-ethyl adjacent to an activating group) is 1. The van der Waals surface area contributed by atoms with Gasteiger partial charge in [-0.05, 0) is 79.8 Å². The molecule has 2 heterocycles. The first-order valence-electron chi connectivity index (χ1n) is 10.9. The van der Waals surface area contributed by atoms with E-state index in [4.69, 9.17) is 4.74 Å². The molecule has 1 aromatic heterocycles. The highest BCUT2D eigenvalue weighted by Gasteiger charge is 2.29. The number of ether oxygens (including phenoxy) is 1. The summed E-state index contributed by atoms with van der Waals surface area (Å²) in [4.78, 5) is 19.2. The van der Waals surface area contributed by atoms with Crippen molar-refractivity contribution in [3.63, 3.8) is 0 Å². The van der Waals surface area contributed by atoms with Gasteiger partial charge in [0.25, 0.3) is 5.91 Å². The predicted octanol–water partition coefficient (Wildman–Crippen LogP) is 3.53. The van der Waals surface area contributed by atoms with Gasteiger partial charge in [-0.3, -0.25) is 4.79 Å². The van der Waals surface area contributed by atoms with Gasteiger partial charge in [0.05, 0.1) is 12.8 Å². The van der Waals surface area contributed by atoms with E-state index in [1.807, 2.05) is 18.0 Å². The maximum absolute atomic E-state index is 13.0. The molecular formula is C24H29N3O2. The second-order valence-corrected chi connectivity index (χ2v) is 8.79. The fourth-order valence-corrected chi connectivity index (χ4v) is 4.51. The summed E-state index contributed by atoms with van der Waals surface area (Å²) in [6.45, 7) is 1.87. The predicted molar refractivity (Wildman–Crippen MR) is 112 cm³/mol. The molecule has 2 fully saturated rings. The van der Waals surface area contributed by atoms with Gasteiger partial charge in [-0.2, -0.15) is 0 Å². The molecule has 1 saturated carbocycles. The number of pyridine rings is 1. The van der Waals surface area contributed by atoms with Crippen LogP contribution in [0.2, 0.25) is 0 Å². The lowest BCUT2D eigenvalue weighted by atomic mass is 10.0. The number of rotatable bonds is 6. The molecule has 5 heteroatoms. The Labute approximate surface area is 172 Å². The van der Waals surface area contributed by atoms with E-state index >= 15 is 0 Å². The third-order valence-corrected chi connectivity index (χ3v) is 6.61. The summed E-state index contributed by atoms with van der Waals surface area (Å²) in [6.07, 6.45) is 8.49. The van der Waals surface area contributed by atoms with Crippen LogP contribution in [0.1, 0.15) is 58.9 Å². The molecule has 1 N–H and O–H groups in total. The highest BCUT2D eigenvalue weighted by molar-refractivity contribution is 5.92. The summed E-state index contributed by atoms with van der Waals surface area (Å²) in [5.41, 5.74) is 4.63. The summed E-state index contributed by atoms with van der Waals surface area (Å²) in [5, 5.41) is 3.58. The van der Waals surface area contributed by atoms with Gasteiger partial charge in [0.15, 0.2) is 0 Å². The monoisotopic (exact) mass is 391 g/mol. The average molecular weight is 392 g/mol. The van der Waals surface area contributed by atoms with Crippen molar-refractivity contribution in [2.75, 3.05) is 20.2 Å². The summed E-state index contributed by atoms with van der Waals surface area (Å²) >= 11 is 0. The van der Waals surface area contributed by atoms with E-state index in [9.17, 15) is 4.79 Å². The normalized spacial score (nSPS) is 23.1. The third-order valence-electron chi connectivity index (χ3n) is 6.61. The SMILES string of the molecule is CN(C(=O)c1ccc(OCC2CC2)cn1)C1Cc2ccc(C3CCCN3)cc2C1. The maximum atomic E-state index is 13.0. The molecule has 2 atom stereocenters. The largest absolute Gasteiger partial charge is 0.492 e. The van der Waals surface area contributed by atoms with Crippen LogP contribution in [-0.2, 0) is 12.8 Å². The summed E-state index contributed by atoms with van der Waals surface area (Å²) in [6, 6.07) is 11.2. The molecule has 0 bridgehead atoms. The van der Waals surface area contributed by atoms with Crippen molar-refractivity contribution >= 4 is 5.91 Å². The molecule has 0 radical (unpaired) electrons. The van der Waals surface area contributed by atoms with Crippen LogP contribution in [0.15, 0.2) is 36.5 Å². The number of amides is 1. The van der Waals surface area contributed by atoms with Gasteiger partial charge in [-0.1, -0.05) is 18.2 Å². The van der Waals surface area contributed by atoms with E-state index in [-0.39, 0.29) is 11.9 Å². The zero-order valence-electron chi connectivity index (χ0n) is 17.1. The van der Waals surface area contributed by atoms with Crippen LogP contribution < -0.4 is 10.1 Å². The quantitative estimate of drug-likeness (QED) is 0.818. The minimum atomic E-state index is -0.0192. The summed E-state index contributed by atoms with van der Waals surface area (Å²) < 4.78 is 5.73. The van der Waals surface area contributed by atoms with Gasteiger partial charge in [-0.15, -0.1) is 0 Å². The Morgan fingerprint density at radius 2 is 2.03 bits per heavy atom. The van der Waals surface area contributed by atoms with Gasteiger partial charge >= 0.3 is 0 Å². The Kier molecular flexibility index (Phi) is 5.00. The molecule has 1 aromatic carbocycles. The minimum Gasteiger partial charge on any atom is -0.492 e. The van der Waals surface area contributed by atoms with Crippen molar-refractivity contribution < 1.29 is 9.53 Å². The maximum Gasteiger partial charge on any atom is 0.272 e. The fourth-order valence-electron chi connectivity index (χ4n) is 4.51. The van der Waals surface area contributed by atoms with Crippen LogP contribution in [0, 0.1) is 5.92 Å². The first-order valence-corrected chi connectivity index (χ1v) is 10.9. The number of aromatic nitrogens is 1.